The van der Waals surface area contributed by atoms with Crippen molar-refractivity contribution in [2.45, 2.75) is 13.0 Å². The molecule has 1 rings (SSSR count). The molecule has 14 heavy (non-hydrogen) atoms. The summed E-state index contributed by atoms with van der Waals surface area (Å²) in [4.78, 5) is 3.86. The molecule has 0 fully saturated rings. The molecule has 0 spiro atoms. The lowest BCUT2D eigenvalue weighted by Gasteiger charge is -2.01. The fourth-order valence-corrected chi connectivity index (χ4v) is 1.55. The molecule has 0 saturated carbocycles. The molecule has 0 aliphatic heterocycles. The highest BCUT2D eigenvalue weighted by atomic mass is 32.2. The summed E-state index contributed by atoms with van der Waals surface area (Å²) in [5.74, 6) is 1.05. The van der Waals surface area contributed by atoms with Crippen molar-refractivity contribution in [3.8, 4) is 12.1 Å². The number of nitrogens with zero attached hydrogens (tertiary/aromatic N) is 4. The Morgan fingerprint density at radius 2 is 2.29 bits per heavy atom. The first-order valence-corrected chi connectivity index (χ1v) is 5.57. The predicted molar refractivity (Wildman–Crippen MR) is 54.7 cm³/mol. The van der Waals surface area contributed by atoms with Gasteiger partial charge in [0.1, 0.15) is 12.1 Å². The topological polar surface area (TPSA) is 65.4 Å². The minimum Gasteiger partial charge on any atom is -0.321 e. The Hall–Kier alpha value is -1.46. The zero-order valence-corrected chi connectivity index (χ0v) is 8.71. The SMILES string of the molecule is CSCCCn1cnc(C#N)c1C#N. The molecule has 1 aromatic rings. The third-order valence-electron chi connectivity index (χ3n) is 1.80. The lowest BCUT2D eigenvalue weighted by atomic mass is 10.3. The smallest absolute Gasteiger partial charge is 0.176 e. The number of aryl methyl sites for hydroxylation is 1. The van der Waals surface area contributed by atoms with Gasteiger partial charge in [-0.05, 0) is 18.4 Å². The Bertz CT molecular complexity index is 382. The molecule has 0 radical (unpaired) electrons. The zero-order chi connectivity index (χ0) is 10.4. The van der Waals surface area contributed by atoms with Gasteiger partial charge in [0, 0.05) is 6.54 Å². The van der Waals surface area contributed by atoms with E-state index in [9.17, 15) is 0 Å². The highest BCUT2D eigenvalue weighted by Gasteiger charge is 2.08. The maximum Gasteiger partial charge on any atom is 0.176 e. The van der Waals surface area contributed by atoms with Gasteiger partial charge >= 0.3 is 0 Å². The molecule has 4 nitrogen and oxygen atoms in total. The minimum absolute atomic E-state index is 0.219. The maximum absolute atomic E-state index is 8.81. The molecule has 72 valence electrons. The number of hydrogen-bond donors (Lipinski definition) is 0. The first kappa shape index (κ1) is 10.6. The van der Waals surface area contributed by atoms with Crippen LogP contribution >= 0.6 is 11.8 Å². The van der Waals surface area contributed by atoms with E-state index < -0.39 is 0 Å². The van der Waals surface area contributed by atoms with Crippen molar-refractivity contribution in [2.24, 2.45) is 0 Å². The molecule has 0 aliphatic carbocycles. The fourth-order valence-electron chi connectivity index (χ4n) is 1.13. The van der Waals surface area contributed by atoms with Crippen LogP contribution in [0.2, 0.25) is 0 Å². The van der Waals surface area contributed by atoms with Gasteiger partial charge in [-0.1, -0.05) is 0 Å². The van der Waals surface area contributed by atoms with E-state index in [1.54, 1.807) is 22.7 Å². The second-order valence-corrected chi connectivity index (χ2v) is 3.69. The van der Waals surface area contributed by atoms with E-state index in [1.165, 1.54) is 0 Å². The number of hydrogen-bond acceptors (Lipinski definition) is 4. The van der Waals surface area contributed by atoms with Gasteiger partial charge in [0.05, 0.1) is 6.33 Å². The average Bonchev–Trinajstić information content (AvgIpc) is 2.60. The summed E-state index contributed by atoms with van der Waals surface area (Å²) in [7, 11) is 0. The Balaban J connectivity index is 2.74. The van der Waals surface area contributed by atoms with Crippen molar-refractivity contribution in [3.05, 3.63) is 17.7 Å². The largest absolute Gasteiger partial charge is 0.321 e. The summed E-state index contributed by atoms with van der Waals surface area (Å²) >= 11 is 1.77. The minimum atomic E-state index is 0.219. The molecular weight excluding hydrogens is 196 g/mol. The van der Waals surface area contributed by atoms with E-state index in [2.05, 4.69) is 4.98 Å². The van der Waals surface area contributed by atoms with Crippen molar-refractivity contribution in [3.63, 3.8) is 0 Å². The normalized spacial score (nSPS) is 9.36. The third kappa shape index (κ3) is 2.27. The van der Waals surface area contributed by atoms with Crippen LogP contribution in [0.3, 0.4) is 0 Å². The number of imidazole rings is 1. The van der Waals surface area contributed by atoms with E-state index in [4.69, 9.17) is 10.5 Å². The summed E-state index contributed by atoms with van der Waals surface area (Å²) in [6, 6.07) is 3.89. The molecule has 0 atom stereocenters. The molecule has 0 aliphatic rings. The molecule has 0 unspecified atom stereocenters. The molecule has 0 bridgehead atoms. The number of thioether (sulfide) groups is 1. The van der Waals surface area contributed by atoms with Gasteiger partial charge in [0.2, 0.25) is 0 Å². The maximum atomic E-state index is 8.81. The van der Waals surface area contributed by atoms with Crippen LogP contribution in [-0.4, -0.2) is 21.6 Å². The van der Waals surface area contributed by atoms with E-state index in [-0.39, 0.29) is 5.69 Å². The zero-order valence-electron chi connectivity index (χ0n) is 7.90. The van der Waals surface area contributed by atoms with Crippen LogP contribution in [0.1, 0.15) is 17.8 Å². The van der Waals surface area contributed by atoms with E-state index >= 15 is 0 Å². The number of aromatic nitrogens is 2. The van der Waals surface area contributed by atoms with Crippen LogP contribution in [-0.2, 0) is 6.54 Å². The fraction of sp³-hybridized carbons (Fsp3) is 0.444. The number of nitriles is 2. The Morgan fingerprint density at radius 3 is 2.86 bits per heavy atom. The summed E-state index contributed by atoms with van der Waals surface area (Å²) in [6.07, 6.45) is 4.58. The monoisotopic (exact) mass is 206 g/mol. The molecule has 0 N–H and O–H groups in total. The lowest BCUT2D eigenvalue weighted by Crippen LogP contribution is -2.00. The summed E-state index contributed by atoms with van der Waals surface area (Å²) < 4.78 is 1.73. The average molecular weight is 206 g/mol. The predicted octanol–water partition coefficient (Wildman–Crippen LogP) is 1.38. The van der Waals surface area contributed by atoms with Crippen molar-refractivity contribution in [1.82, 2.24) is 9.55 Å². The standard InChI is InChI=1S/C9H10N4S/c1-14-4-2-3-13-7-12-8(5-10)9(13)6-11/h7H,2-4H2,1H3. The van der Waals surface area contributed by atoms with Crippen LogP contribution in [0.4, 0.5) is 0 Å². The van der Waals surface area contributed by atoms with Crippen molar-refractivity contribution < 1.29 is 0 Å². The highest BCUT2D eigenvalue weighted by Crippen LogP contribution is 2.07. The second kappa shape index (κ2) is 5.31. The van der Waals surface area contributed by atoms with Gasteiger partial charge < -0.3 is 4.57 Å². The first-order valence-electron chi connectivity index (χ1n) is 4.17. The molecular formula is C9H10N4S. The van der Waals surface area contributed by atoms with Crippen molar-refractivity contribution in [2.75, 3.05) is 12.0 Å². The quantitative estimate of drug-likeness (QED) is 0.698. The van der Waals surface area contributed by atoms with Gasteiger partial charge in [-0.2, -0.15) is 22.3 Å². The summed E-state index contributed by atoms with van der Waals surface area (Å²) in [6.45, 7) is 0.748. The van der Waals surface area contributed by atoms with Crippen LogP contribution < -0.4 is 0 Å². The highest BCUT2D eigenvalue weighted by molar-refractivity contribution is 7.98. The Labute approximate surface area is 87.2 Å². The Kier molecular flexibility index (Phi) is 4.03. The molecule has 0 saturated heterocycles. The Morgan fingerprint density at radius 1 is 1.50 bits per heavy atom. The first-order chi connectivity index (χ1) is 6.83. The van der Waals surface area contributed by atoms with Crippen LogP contribution in [0.15, 0.2) is 6.33 Å². The summed E-state index contributed by atoms with van der Waals surface area (Å²) in [5, 5.41) is 17.5. The molecule has 1 heterocycles. The van der Waals surface area contributed by atoms with E-state index in [0.29, 0.717) is 5.69 Å². The van der Waals surface area contributed by atoms with Crippen LogP contribution in [0.25, 0.3) is 0 Å². The van der Waals surface area contributed by atoms with Gasteiger partial charge in [0.25, 0.3) is 0 Å². The molecule has 1 aromatic heterocycles. The second-order valence-electron chi connectivity index (χ2n) is 2.71. The van der Waals surface area contributed by atoms with Crippen LogP contribution in [0.5, 0.6) is 0 Å². The van der Waals surface area contributed by atoms with Crippen molar-refractivity contribution >= 4 is 11.8 Å². The van der Waals surface area contributed by atoms with Gasteiger partial charge in [-0.15, -0.1) is 0 Å². The molecule has 5 heteroatoms. The number of rotatable bonds is 4. The molecule has 0 amide bonds. The van der Waals surface area contributed by atoms with Gasteiger partial charge in [-0.3, -0.25) is 0 Å². The summed E-state index contributed by atoms with van der Waals surface area (Å²) in [5.41, 5.74) is 0.588. The lowest BCUT2D eigenvalue weighted by molar-refractivity contribution is 0.676. The van der Waals surface area contributed by atoms with E-state index in [1.807, 2.05) is 18.4 Å². The van der Waals surface area contributed by atoms with Crippen molar-refractivity contribution in [1.29, 1.82) is 10.5 Å². The third-order valence-corrected chi connectivity index (χ3v) is 2.49. The van der Waals surface area contributed by atoms with Gasteiger partial charge in [0.15, 0.2) is 11.4 Å². The van der Waals surface area contributed by atoms with Gasteiger partial charge in [-0.25, -0.2) is 4.98 Å². The van der Waals surface area contributed by atoms with E-state index in [0.717, 1.165) is 18.7 Å². The molecule has 0 aromatic carbocycles. The van der Waals surface area contributed by atoms with Crippen LogP contribution in [0, 0.1) is 22.7 Å².